The fraction of sp³-hybridized carbons (Fsp3) is 0.278. The molecule has 1 amide bonds. The van der Waals surface area contributed by atoms with E-state index < -0.39 is 6.10 Å². The summed E-state index contributed by atoms with van der Waals surface area (Å²) in [4.78, 5) is 14.2. The Labute approximate surface area is 129 Å². The quantitative estimate of drug-likeness (QED) is 0.872. The molecule has 2 aromatic carbocycles. The summed E-state index contributed by atoms with van der Waals surface area (Å²) in [5.41, 5.74) is 1.50. The molecule has 3 nitrogen and oxygen atoms in total. The van der Waals surface area contributed by atoms with Gasteiger partial charge in [0.1, 0.15) is 11.9 Å². The van der Waals surface area contributed by atoms with E-state index in [0.29, 0.717) is 31.7 Å². The van der Waals surface area contributed by atoms with Crippen LogP contribution in [0.4, 0.5) is 4.39 Å². The summed E-state index contributed by atoms with van der Waals surface area (Å²) in [5.74, 6) is -0.235. The van der Waals surface area contributed by atoms with E-state index in [9.17, 15) is 9.18 Å². The third kappa shape index (κ3) is 3.34. The van der Waals surface area contributed by atoms with Crippen LogP contribution in [0, 0.1) is 5.82 Å². The van der Waals surface area contributed by atoms with E-state index in [1.807, 2.05) is 30.3 Å². The number of hydrogen-bond donors (Lipinski definition) is 0. The molecule has 0 radical (unpaired) electrons. The van der Waals surface area contributed by atoms with Gasteiger partial charge in [-0.05, 0) is 11.6 Å². The van der Waals surface area contributed by atoms with Crippen LogP contribution in [0.3, 0.4) is 0 Å². The Bertz CT molecular complexity index is 645. The Kier molecular flexibility index (Phi) is 4.49. The Balaban J connectivity index is 1.68. The molecule has 0 aromatic heterocycles. The fourth-order valence-corrected chi connectivity index (χ4v) is 2.68. The van der Waals surface area contributed by atoms with E-state index in [4.69, 9.17) is 4.74 Å². The van der Waals surface area contributed by atoms with E-state index in [0.717, 1.165) is 5.56 Å². The smallest absolute Gasteiger partial charge is 0.227 e. The van der Waals surface area contributed by atoms with Crippen molar-refractivity contribution in [3.8, 4) is 0 Å². The van der Waals surface area contributed by atoms with Gasteiger partial charge < -0.3 is 9.64 Å². The number of halogens is 1. The summed E-state index contributed by atoms with van der Waals surface area (Å²) in [6, 6.07) is 16.2. The van der Waals surface area contributed by atoms with E-state index in [1.54, 1.807) is 23.1 Å². The second-order valence-corrected chi connectivity index (χ2v) is 5.38. The van der Waals surface area contributed by atoms with Crippen LogP contribution in [0.15, 0.2) is 54.6 Å². The third-order valence-electron chi connectivity index (χ3n) is 3.87. The molecule has 4 heteroatoms. The van der Waals surface area contributed by atoms with Crippen molar-refractivity contribution in [2.75, 3.05) is 19.7 Å². The first kappa shape index (κ1) is 14.7. The van der Waals surface area contributed by atoms with Gasteiger partial charge in [-0.2, -0.15) is 0 Å². The van der Waals surface area contributed by atoms with Gasteiger partial charge in [0.2, 0.25) is 5.91 Å². The molecule has 0 unspecified atom stereocenters. The standard InChI is InChI=1S/C18H18FNO2/c19-16-9-5-4-8-15(16)17-13-20(10-11-22-17)18(21)12-14-6-2-1-3-7-14/h1-9,17H,10-13H2/t17-/m1/s1. The minimum atomic E-state index is -0.394. The van der Waals surface area contributed by atoms with Crippen LogP contribution in [0.1, 0.15) is 17.2 Å². The van der Waals surface area contributed by atoms with Gasteiger partial charge in [-0.15, -0.1) is 0 Å². The number of ether oxygens (including phenoxy) is 1. The van der Waals surface area contributed by atoms with Crippen molar-refractivity contribution in [1.82, 2.24) is 4.90 Å². The van der Waals surface area contributed by atoms with E-state index in [1.165, 1.54) is 6.07 Å². The SMILES string of the molecule is O=C(Cc1ccccc1)N1CCO[C@@H](c2ccccc2F)C1. The average molecular weight is 299 g/mol. The van der Waals surface area contributed by atoms with E-state index in [-0.39, 0.29) is 11.7 Å². The minimum Gasteiger partial charge on any atom is -0.370 e. The fourth-order valence-electron chi connectivity index (χ4n) is 2.68. The van der Waals surface area contributed by atoms with Crippen LogP contribution < -0.4 is 0 Å². The zero-order chi connectivity index (χ0) is 15.4. The maximum atomic E-state index is 13.9. The van der Waals surface area contributed by atoms with Gasteiger partial charge in [0.15, 0.2) is 0 Å². The normalized spacial score (nSPS) is 18.2. The molecule has 1 fully saturated rings. The van der Waals surface area contributed by atoms with Crippen molar-refractivity contribution < 1.29 is 13.9 Å². The Morgan fingerprint density at radius 2 is 1.86 bits per heavy atom. The Morgan fingerprint density at radius 3 is 2.64 bits per heavy atom. The number of hydrogen-bond acceptors (Lipinski definition) is 2. The highest BCUT2D eigenvalue weighted by atomic mass is 19.1. The molecule has 3 rings (SSSR count). The highest BCUT2D eigenvalue weighted by Gasteiger charge is 2.26. The molecule has 1 aliphatic heterocycles. The molecule has 0 N–H and O–H groups in total. The summed E-state index contributed by atoms with van der Waals surface area (Å²) < 4.78 is 19.5. The molecule has 0 bridgehead atoms. The largest absolute Gasteiger partial charge is 0.370 e. The maximum Gasteiger partial charge on any atom is 0.227 e. The van der Waals surface area contributed by atoms with Gasteiger partial charge in [-0.25, -0.2) is 4.39 Å². The molecule has 114 valence electrons. The van der Waals surface area contributed by atoms with Crippen LogP contribution in [-0.4, -0.2) is 30.5 Å². The number of nitrogens with zero attached hydrogens (tertiary/aromatic N) is 1. The molecule has 0 aliphatic carbocycles. The van der Waals surface area contributed by atoms with Crippen molar-refractivity contribution in [2.24, 2.45) is 0 Å². The topological polar surface area (TPSA) is 29.5 Å². The first-order chi connectivity index (χ1) is 10.7. The van der Waals surface area contributed by atoms with Crippen molar-refractivity contribution in [2.45, 2.75) is 12.5 Å². The van der Waals surface area contributed by atoms with Gasteiger partial charge in [0.25, 0.3) is 0 Å². The van der Waals surface area contributed by atoms with Gasteiger partial charge in [-0.1, -0.05) is 48.5 Å². The number of carbonyl (C=O) groups is 1. The van der Waals surface area contributed by atoms with E-state index >= 15 is 0 Å². The molecule has 2 aromatic rings. The predicted molar refractivity (Wildman–Crippen MR) is 81.8 cm³/mol. The molecular formula is C18H18FNO2. The number of rotatable bonds is 3. The predicted octanol–water partition coefficient (Wildman–Crippen LogP) is 2.97. The molecule has 1 heterocycles. The van der Waals surface area contributed by atoms with Gasteiger partial charge in [0.05, 0.1) is 19.6 Å². The summed E-state index contributed by atoms with van der Waals surface area (Å²) >= 11 is 0. The van der Waals surface area contributed by atoms with Crippen molar-refractivity contribution in [1.29, 1.82) is 0 Å². The second-order valence-electron chi connectivity index (χ2n) is 5.38. The van der Waals surface area contributed by atoms with Crippen molar-refractivity contribution in [3.63, 3.8) is 0 Å². The maximum absolute atomic E-state index is 13.9. The van der Waals surface area contributed by atoms with E-state index in [2.05, 4.69) is 0 Å². The Hall–Kier alpha value is -2.20. The third-order valence-corrected chi connectivity index (χ3v) is 3.87. The molecule has 1 aliphatic rings. The molecule has 1 atom stereocenters. The number of amides is 1. The lowest BCUT2D eigenvalue weighted by molar-refractivity contribution is -0.138. The summed E-state index contributed by atoms with van der Waals surface area (Å²) in [6.45, 7) is 1.38. The van der Waals surface area contributed by atoms with Crippen LogP contribution in [-0.2, 0) is 16.0 Å². The Morgan fingerprint density at radius 1 is 1.14 bits per heavy atom. The van der Waals surface area contributed by atoms with Gasteiger partial charge in [0, 0.05) is 12.1 Å². The average Bonchev–Trinajstić information content (AvgIpc) is 2.56. The highest BCUT2D eigenvalue weighted by Crippen LogP contribution is 2.24. The zero-order valence-corrected chi connectivity index (χ0v) is 12.2. The van der Waals surface area contributed by atoms with Crippen molar-refractivity contribution >= 4 is 5.91 Å². The summed E-state index contributed by atoms with van der Waals surface area (Å²) in [5, 5.41) is 0. The van der Waals surface area contributed by atoms with Crippen molar-refractivity contribution in [3.05, 3.63) is 71.5 Å². The highest BCUT2D eigenvalue weighted by molar-refractivity contribution is 5.78. The molecule has 0 spiro atoms. The monoisotopic (exact) mass is 299 g/mol. The van der Waals surface area contributed by atoms with Gasteiger partial charge in [-0.3, -0.25) is 4.79 Å². The van der Waals surface area contributed by atoms with Gasteiger partial charge >= 0.3 is 0 Å². The van der Waals surface area contributed by atoms with Crippen LogP contribution in [0.25, 0.3) is 0 Å². The van der Waals surface area contributed by atoms with Crippen LogP contribution in [0.2, 0.25) is 0 Å². The lowest BCUT2D eigenvalue weighted by Crippen LogP contribution is -2.43. The summed E-state index contributed by atoms with van der Waals surface area (Å²) in [6.07, 6.45) is -0.0279. The first-order valence-electron chi connectivity index (χ1n) is 7.42. The molecule has 1 saturated heterocycles. The minimum absolute atomic E-state index is 0.0517. The lowest BCUT2D eigenvalue weighted by atomic mass is 10.1. The number of carbonyl (C=O) groups excluding carboxylic acids is 1. The van der Waals surface area contributed by atoms with Crippen LogP contribution in [0.5, 0.6) is 0 Å². The number of morpholine rings is 1. The lowest BCUT2D eigenvalue weighted by Gasteiger charge is -2.33. The number of benzene rings is 2. The molecular weight excluding hydrogens is 281 g/mol. The zero-order valence-electron chi connectivity index (χ0n) is 12.2. The molecule has 22 heavy (non-hydrogen) atoms. The first-order valence-corrected chi connectivity index (χ1v) is 7.42. The second kappa shape index (κ2) is 6.71. The van der Waals surface area contributed by atoms with Crippen LogP contribution >= 0.6 is 0 Å². The molecule has 0 saturated carbocycles. The summed E-state index contributed by atoms with van der Waals surface area (Å²) in [7, 11) is 0.